The van der Waals surface area contributed by atoms with Crippen molar-refractivity contribution in [2.75, 3.05) is 28.8 Å². The largest absolute Gasteiger partial charge is 0.477 e. The van der Waals surface area contributed by atoms with Gasteiger partial charge in [-0.1, -0.05) is 54.1 Å². The number of ether oxygens (including phenoxy) is 1. The second-order valence-corrected chi connectivity index (χ2v) is 12.4. The maximum absolute atomic E-state index is 13.9. The van der Waals surface area contributed by atoms with Crippen LogP contribution in [-0.2, 0) is 27.7 Å². The van der Waals surface area contributed by atoms with E-state index in [1.54, 1.807) is 53.4 Å². The highest BCUT2D eigenvalue weighted by molar-refractivity contribution is 7.92. The number of sulfonamides is 1. The van der Waals surface area contributed by atoms with E-state index in [0.29, 0.717) is 47.1 Å². The molecule has 0 aliphatic carbocycles. The lowest BCUT2D eigenvalue weighted by molar-refractivity contribution is -0.127. The molecule has 214 valence electrons. The van der Waals surface area contributed by atoms with Crippen LogP contribution >= 0.6 is 11.6 Å². The van der Waals surface area contributed by atoms with Gasteiger partial charge in [0.15, 0.2) is 6.10 Å². The zero-order valence-corrected chi connectivity index (χ0v) is 24.1. The molecule has 4 aromatic rings. The van der Waals surface area contributed by atoms with Gasteiger partial charge in [0.05, 0.1) is 22.8 Å². The van der Waals surface area contributed by atoms with Crippen molar-refractivity contribution in [2.45, 2.75) is 23.8 Å². The van der Waals surface area contributed by atoms with Crippen LogP contribution < -0.4 is 19.3 Å². The van der Waals surface area contributed by atoms with Gasteiger partial charge in [0, 0.05) is 23.7 Å². The van der Waals surface area contributed by atoms with Crippen molar-refractivity contribution in [1.29, 1.82) is 0 Å². The lowest BCUT2D eigenvalue weighted by Crippen LogP contribution is -2.51. The summed E-state index contributed by atoms with van der Waals surface area (Å²) >= 11 is 5.94. The zero-order valence-electron chi connectivity index (χ0n) is 22.6. The summed E-state index contributed by atoms with van der Waals surface area (Å²) in [6, 6.07) is 28.1. The number of nitrogens with one attached hydrogen (secondary N) is 1. The molecule has 2 amide bonds. The van der Waals surface area contributed by atoms with Gasteiger partial charge in [0.1, 0.15) is 5.75 Å². The first-order valence-electron chi connectivity index (χ1n) is 13.6. The molecule has 4 aromatic carbocycles. The summed E-state index contributed by atoms with van der Waals surface area (Å²) in [6.45, 7) is 0.753. The highest BCUT2D eigenvalue weighted by Gasteiger charge is 2.36. The molecule has 2 aliphatic heterocycles. The van der Waals surface area contributed by atoms with E-state index in [0.717, 1.165) is 11.1 Å². The van der Waals surface area contributed by atoms with Crippen molar-refractivity contribution >= 4 is 44.8 Å². The van der Waals surface area contributed by atoms with Crippen molar-refractivity contribution in [1.82, 2.24) is 5.32 Å². The molecule has 0 spiro atoms. The van der Waals surface area contributed by atoms with E-state index in [1.807, 2.05) is 36.4 Å². The number of carbonyl (C=O) groups excluding carboxylic acids is 2. The lowest BCUT2D eigenvalue weighted by atomic mass is 10.1. The van der Waals surface area contributed by atoms with Crippen LogP contribution in [0.5, 0.6) is 5.75 Å². The first-order valence-corrected chi connectivity index (χ1v) is 15.4. The summed E-state index contributed by atoms with van der Waals surface area (Å²) in [5.74, 6) is -0.147. The first kappa shape index (κ1) is 27.8. The third-order valence-electron chi connectivity index (χ3n) is 7.45. The maximum atomic E-state index is 13.9. The van der Waals surface area contributed by atoms with E-state index < -0.39 is 16.1 Å². The minimum absolute atomic E-state index is 0.0428. The predicted molar refractivity (Wildman–Crippen MR) is 162 cm³/mol. The van der Waals surface area contributed by atoms with Gasteiger partial charge < -0.3 is 15.0 Å². The number of benzene rings is 4. The maximum Gasteiger partial charge on any atom is 0.264 e. The standard InChI is InChI=1S/C32H28ClN3O5S/c33-25-11-13-26(14-12-25)42(39,40)36-19-17-23-20-24(10-15-27(23)36)32(38)35-21-30(41-29-9-5-4-8-28(29)35)31(37)34-18-16-22-6-2-1-3-7-22/h1-15,20,30H,16-19,21H2,(H,34,37)/t30-/m1/s1. The molecular formula is C32H28ClN3O5S. The number of carbonyl (C=O) groups is 2. The SMILES string of the molecule is O=C(NCCc1ccccc1)[C@H]1CN(C(=O)c2ccc3c(c2)CCN3S(=O)(=O)c2ccc(Cl)cc2)c2ccccc2O1. The molecule has 2 heterocycles. The molecule has 0 saturated carbocycles. The molecule has 2 aliphatic rings. The van der Waals surface area contributed by atoms with Gasteiger partial charge in [0.25, 0.3) is 21.8 Å². The van der Waals surface area contributed by atoms with Crippen LogP contribution in [-0.4, -0.2) is 46.0 Å². The normalized spacial score (nSPS) is 15.9. The quantitative estimate of drug-likeness (QED) is 0.326. The van der Waals surface area contributed by atoms with Gasteiger partial charge in [-0.25, -0.2) is 8.42 Å². The van der Waals surface area contributed by atoms with Crippen molar-refractivity contribution in [3.05, 3.63) is 119 Å². The second kappa shape index (κ2) is 11.5. The summed E-state index contributed by atoms with van der Waals surface area (Å²) in [5.41, 5.74) is 3.39. The minimum Gasteiger partial charge on any atom is -0.477 e. The number of hydrogen-bond donors (Lipinski definition) is 1. The Morgan fingerprint density at radius 3 is 2.43 bits per heavy atom. The smallest absolute Gasteiger partial charge is 0.264 e. The Kier molecular flexibility index (Phi) is 7.62. The van der Waals surface area contributed by atoms with Crippen LogP contribution in [0.4, 0.5) is 11.4 Å². The number of nitrogens with zero attached hydrogens (tertiary/aromatic N) is 2. The van der Waals surface area contributed by atoms with Crippen LogP contribution in [0.2, 0.25) is 5.02 Å². The fourth-order valence-corrected chi connectivity index (χ4v) is 6.92. The number of para-hydroxylation sites is 2. The average Bonchev–Trinajstić information content (AvgIpc) is 3.45. The molecule has 6 rings (SSSR count). The van der Waals surface area contributed by atoms with Gasteiger partial charge in [-0.15, -0.1) is 0 Å². The lowest BCUT2D eigenvalue weighted by Gasteiger charge is -2.34. The Labute approximate surface area is 249 Å². The molecule has 0 radical (unpaired) electrons. The van der Waals surface area contributed by atoms with Gasteiger partial charge in [-0.05, 0) is 78.6 Å². The molecule has 0 fully saturated rings. The van der Waals surface area contributed by atoms with Crippen molar-refractivity contribution in [2.24, 2.45) is 0 Å². The minimum atomic E-state index is -3.79. The van der Waals surface area contributed by atoms with E-state index in [4.69, 9.17) is 16.3 Å². The summed E-state index contributed by atoms with van der Waals surface area (Å²) in [4.78, 5) is 28.6. The monoisotopic (exact) mass is 601 g/mol. The number of fused-ring (bicyclic) bond motifs is 2. The van der Waals surface area contributed by atoms with Gasteiger partial charge in [-0.2, -0.15) is 0 Å². The summed E-state index contributed by atoms with van der Waals surface area (Å²) < 4.78 is 34.0. The van der Waals surface area contributed by atoms with Crippen molar-refractivity contribution in [3.8, 4) is 5.75 Å². The Balaban J connectivity index is 1.20. The van der Waals surface area contributed by atoms with E-state index in [1.165, 1.54) is 16.4 Å². The summed E-state index contributed by atoms with van der Waals surface area (Å²) in [5, 5.41) is 3.38. The average molecular weight is 602 g/mol. The molecule has 0 bridgehead atoms. The van der Waals surface area contributed by atoms with E-state index in [-0.39, 0.29) is 29.8 Å². The van der Waals surface area contributed by atoms with Gasteiger partial charge >= 0.3 is 0 Å². The highest BCUT2D eigenvalue weighted by Crippen LogP contribution is 2.37. The third kappa shape index (κ3) is 5.45. The van der Waals surface area contributed by atoms with Crippen LogP contribution in [0.3, 0.4) is 0 Å². The number of halogens is 1. The molecule has 1 N–H and O–H groups in total. The molecule has 1 atom stereocenters. The van der Waals surface area contributed by atoms with Gasteiger partial charge in [0.2, 0.25) is 0 Å². The Morgan fingerprint density at radius 2 is 1.64 bits per heavy atom. The Bertz CT molecular complexity index is 1750. The third-order valence-corrected chi connectivity index (χ3v) is 9.53. The van der Waals surface area contributed by atoms with Crippen LogP contribution in [0, 0.1) is 0 Å². The molecule has 0 aromatic heterocycles. The Hall–Kier alpha value is -4.34. The zero-order chi connectivity index (χ0) is 29.3. The Morgan fingerprint density at radius 1 is 0.905 bits per heavy atom. The molecule has 0 unspecified atom stereocenters. The van der Waals surface area contributed by atoms with Gasteiger partial charge in [-0.3, -0.25) is 13.9 Å². The fourth-order valence-electron chi connectivity index (χ4n) is 5.30. The number of anilines is 2. The molecule has 0 saturated heterocycles. The van der Waals surface area contributed by atoms with E-state index in [2.05, 4.69) is 5.32 Å². The molecule has 42 heavy (non-hydrogen) atoms. The first-order chi connectivity index (χ1) is 20.3. The van der Waals surface area contributed by atoms with Crippen LogP contribution in [0.25, 0.3) is 0 Å². The van der Waals surface area contributed by atoms with E-state index >= 15 is 0 Å². The molecule has 8 nitrogen and oxygen atoms in total. The summed E-state index contributed by atoms with van der Waals surface area (Å²) in [7, 11) is -3.79. The second-order valence-electron chi connectivity index (χ2n) is 10.1. The fraction of sp³-hybridized carbons (Fsp3) is 0.188. The number of amides is 2. The van der Waals surface area contributed by atoms with Crippen LogP contribution in [0.1, 0.15) is 21.5 Å². The predicted octanol–water partition coefficient (Wildman–Crippen LogP) is 4.86. The summed E-state index contributed by atoms with van der Waals surface area (Å²) in [6.07, 6.45) is 0.266. The van der Waals surface area contributed by atoms with E-state index in [9.17, 15) is 18.0 Å². The molecule has 10 heteroatoms. The topological polar surface area (TPSA) is 96.0 Å². The van der Waals surface area contributed by atoms with Crippen LogP contribution in [0.15, 0.2) is 102 Å². The van der Waals surface area contributed by atoms with Crippen molar-refractivity contribution in [3.63, 3.8) is 0 Å². The molecular weight excluding hydrogens is 574 g/mol. The number of hydrogen-bond acceptors (Lipinski definition) is 5. The van der Waals surface area contributed by atoms with Crippen molar-refractivity contribution < 1.29 is 22.7 Å². The highest BCUT2D eigenvalue weighted by atomic mass is 35.5. The number of rotatable bonds is 7.